The van der Waals surface area contributed by atoms with Crippen molar-refractivity contribution in [3.63, 3.8) is 0 Å². The number of hydrogen-bond donors (Lipinski definition) is 2. The molecule has 3 aromatic rings. The van der Waals surface area contributed by atoms with Gasteiger partial charge in [0.25, 0.3) is 0 Å². The second kappa shape index (κ2) is 14.2. The summed E-state index contributed by atoms with van der Waals surface area (Å²) in [6, 6.07) is 29.3. The van der Waals surface area contributed by atoms with Gasteiger partial charge in [-0.05, 0) is 16.7 Å². The first kappa shape index (κ1) is 26.4. The summed E-state index contributed by atoms with van der Waals surface area (Å²) in [6.45, 7) is 1.10. The van der Waals surface area contributed by atoms with Gasteiger partial charge in [0, 0.05) is 0 Å². The van der Waals surface area contributed by atoms with E-state index in [4.69, 9.17) is 23.7 Å². The van der Waals surface area contributed by atoms with Crippen molar-refractivity contribution in [3.8, 4) is 0 Å². The summed E-state index contributed by atoms with van der Waals surface area (Å²) in [5.41, 5.74) is 2.98. The molecule has 36 heavy (non-hydrogen) atoms. The van der Waals surface area contributed by atoms with Gasteiger partial charge in [-0.15, -0.1) is 0 Å². The molecule has 3 aromatic carbocycles. The van der Waals surface area contributed by atoms with E-state index in [9.17, 15) is 10.2 Å². The first-order valence-corrected chi connectivity index (χ1v) is 12.2. The molecule has 0 bridgehead atoms. The van der Waals surface area contributed by atoms with Crippen LogP contribution in [-0.2, 0) is 43.5 Å². The molecule has 0 saturated carbocycles. The van der Waals surface area contributed by atoms with Crippen molar-refractivity contribution >= 4 is 0 Å². The largest absolute Gasteiger partial charge is 0.394 e. The van der Waals surface area contributed by atoms with Crippen molar-refractivity contribution in [1.29, 1.82) is 0 Å². The Morgan fingerprint density at radius 3 is 1.64 bits per heavy atom. The molecule has 7 nitrogen and oxygen atoms in total. The molecule has 0 amide bonds. The molecule has 0 radical (unpaired) electrons. The molecule has 7 heteroatoms. The first-order valence-electron chi connectivity index (χ1n) is 12.2. The van der Waals surface area contributed by atoms with E-state index in [0.29, 0.717) is 13.2 Å². The van der Waals surface area contributed by atoms with Gasteiger partial charge >= 0.3 is 0 Å². The second-order valence-electron chi connectivity index (χ2n) is 8.65. The van der Waals surface area contributed by atoms with Crippen molar-refractivity contribution < 1.29 is 33.9 Å². The zero-order chi connectivity index (χ0) is 25.0. The van der Waals surface area contributed by atoms with Gasteiger partial charge in [-0.1, -0.05) is 91.0 Å². The number of hydrogen-bond acceptors (Lipinski definition) is 7. The van der Waals surface area contributed by atoms with E-state index >= 15 is 0 Å². The van der Waals surface area contributed by atoms with Crippen LogP contribution in [0.15, 0.2) is 91.0 Å². The highest BCUT2D eigenvalue weighted by molar-refractivity contribution is 5.15. The zero-order valence-electron chi connectivity index (χ0n) is 20.2. The Kier molecular flexibility index (Phi) is 10.4. The lowest BCUT2D eigenvalue weighted by Crippen LogP contribution is -2.61. The van der Waals surface area contributed by atoms with Crippen LogP contribution in [0.3, 0.4) is 0 Å². The Balaban J connectivity index is 1.49. The van der Waals surface area contributed by atoms with Crippen LogP contribution in [0.5, 0.6) is 0 Å². The van der Waals surface area contributed by atoms with E-state index in [1.54, 1.807) is 0 Å². The van der Waals surface area contributed by atoms with E-state index in [2.05, 4.69) is 0 Å². The van der Waals surface area contributed by atoms with E-state index in [-0.39, 0.29) is 26.4 Å². The van der Waals surface area contributed by atoms with Gasteiger partial charge in [0.05, 0.1) is 39.6 Å². The van der Waals surface area contributed by atoms with E-state index in [0.717, 1.165) is 16.7 Å². The average Bonchev–Trinajstić information content (AvgIpc) is 2.92. The summed E-state index contributed by atoms with van der Waals surface area (Å²) in [5.74, 6) is 0. The summed E-state index contributed by atoms with van der Waals surface area (Å²) in [5, 5.41) is 20.4. The molecule has 1 aliphatic rings. The monoisotopic (exact) mass is 494 g/mol. The third-order valence-electron chi connectivity index (χ3n) is 5.98. The molecule has 0 aliphatic carbocycles. The predicted octanol–water partition coefficient (Wildman–Crippen LogP) is 3.47. The highest BCUT2D eigenvalue weighted by Crippen LogP contribution is 2.29. The molecule has 2 N–H and O–H groups in total. The highest BCUT2D eigenvalue weighted by atomic mass is 16.7. The van der Waals surface area contributed by atoms with Gasteiger partial charge in [0.1, 0.15) is 24.4 Å². The Morgan fingerprint density at radius 2 is 1.11 bits per heavy atom. The van der Waals surface area contributed by atoms with Crippen molar-refractivity contribution in [1.82, 2.24) is 0 Å². The fraction of sp³-hybridized carbons (Fsp3) is 0.379. The highest BCUT2D eigenvalue weighted by Gasteiger charge is 2.47. The number of aliphatic hydroxyl groups is 2. The molecule has 1 saturated heterocycles. The standard InChI is InChI=1S/C29H34O7/c30-16-17-33-26-25(21-32-18-22-10-4-1-5-11-22)36-29(31)28(35-20-24-14-8-3-9-15-24)27(26)34-19-23-12-6-2-7-13-23/h1-15,25-31H,16-21H2/t25-,26-,27+,28-,29+/m1/s1. The predicted molar refractivity (Wildman–Crippen MR) is 134 cm³/mol. The summed E-state index contributed by atoms with van der Waals surface area (Å²) >= 11 is 0. The molecular formula is C29H34O7. The number of benzene rings is 3. The Bertz CT molecular complexity index is 986. The fourth-order valence-electron chi connectivity index (χ4n) is 4.19. The number of aliphatic hydroxyl groups excluding tert-OH is 2. The van der Waals surface area contributed by atoms with Crippen molar-refractivity contribution in [2.45, 2.75) is 50.5 Å². The Labute approximate surface area is 212 Å². The Morgan fingerprint density at radius 1 is 0.611 bits per heavy atom. The molecule has 0 aromatic heterocycles. The molecule has 1 fully saturated rings. The maximum atomic E-state index is 11.0. The summed E-state index contributed by atoms with van der Waals surface area (Å²) in [6.07, 6.45) is -3.94. The third kappa shape index (κ3) is 7.69. The van der Waals surface area contributed by atoms with Gasteiger partial charge < -0.3 is 33.9 Å². The molecule has 0 spiro atoms. The van der Waals surface area contributed by atoms with Crippen LogP contribution in [0.2, 0.25) is 0 Å². The van der Waals surface area contributed by atoms with E-state index in [1.807, 2.05) is 91.0 Å². The van der Waals surface area contributed by atoms with Gasteiger partial charge in [0.15, 0.2) is 6.29 Å². The smallest absolute Gasteiger partial charge is 0.184 e. The molecule has 1 aliphatic heterocycles. The van der Waals surface area contributed by atoms with Crippen molar-refractivity contribution in [3.05, 3.63) is 108 Å². The lowest BCUT2D eigenvalue weighted by Gasteiger charge is -2.44. The summed E-state index contributed by atoms with van der Waals surface area (Å²) in [7, 11) is 0. The summed E-state index contributed by atoms with van der Waals surface area (Å²) < 4.78 is 30.3. The minimum Gasteiger partial charge on any atom is -0.394 e. The van der Waals surface area contributed by atoms with Gasteiger partial charge in [-0.25, -0.2) is 0 Å². The SMILES string of the molecule is OCCO[C@H]1[C@H](OCc2ccccc2)[C@@H](OCc2ccccc2)[C@@H](O)O[C@@H]1COCc1ccccc1. The Hall–Kier alpha value is -2.62. The minimum atomic E-state index is -1.24. The second-order valence-corrected chi connectivity index (χ2v) is 8.65. The maximum absolute atomic E-state index is 11.0. The third-order valence-corrected chi connectivity index (χ3v) is 5.98. The van der Waals surface area contributed by atoms with Crippen LogP contribution in [0.1, 0.15) is 16.7 Å². The first-order chi connectivity index (χ1) is 17.7. The number of rotatable bonds is 13. The van der Waals surface area contributed by atoms with Crippen LogP contribution in [0, 0.1) is 0 Å². The maximum Gasteiger partial charge on any atom is 0.184 e. The van der Waals surface area contributed by atoms with E-state index in [1.165, 1.54) is 0 Å². The van der Waals surface area contributed by atoms with Crippen LogP contribution in [-0.4, -0.2) is 60.7 Å². The van der Waals surface area contributed by atoms with Crippen LogP contribution < -0.4 is 0 Å². The molecule has 0 unspecified atom stereocenters. The zero-order valence-corrected chi connectivity index (χ0v) is 20.2. The minimum absolute atomic E-state index is 0.0932. The van der Waals surface area contributed by atoms with Gasteiger partial charge in [-0.3, -0.25) is 0 Å². The normalized spacial score (nSPS) is 24.0. The summed E-state index contributed by atoms with van der Waals surface area (Å²) in [4.78, 5) is 0. The number of ether oxygens (including phenoxy) is 5. The van der Waals surface area contributed by atoms with Crippen LogP contribution >= 0.6 is 0 Å². The van der Waals surface area contributed by atoms with Gasteiger partial charge in [-0.2, -0.15) is 0 Å². The van der Waals surface area contributed by atoms with E-state index < -0.39 is 30.7 Å². The quantitative estimate of drug-likeness (QED) is 0.376. The van der Waals surface area contributed by atoms with Crippen molar-refractivity contribution in [2.24, 2.45) is 0 Å². The molecule has 1 heterocycles. The molecule has 192 valence electrons. The van der Waals surface area contributed by atoms with Crippen LogP contribution in [0.25, 0.3) is 0 Å². The lowest BCUT2D eigenvalue weighted by atomic mass is 9.98. The van der Waals surface area contributed by atoms with Gasteiger partial charge in [0.2, 0.25) is 0 Å². The average molecular weight is 495 g/mol. The molecular weight excluding hydrogens is 460 g/mol. The lowest BCUT2D eigenvalue weighted by molar-refractivity contribution is -0.316. The van der Waals surface area contributed by atoms with Crippen LogP contribution in [0.4, 0.5) is 0 Å². The topological polar surface area (TPSA) is 86.6 Å². The fourth-order valence-corrected chi connectivity index (χ4v) is 4.19. The molecule has 4 rings (SSSR count). The molecule has 5 atom stereocenters. The van der Waals surface area contributed by atoms with Crippen molar-refractivity contribution in [2.75, 3.05) is 19.8 Å².